The second-order valence-electron chi connectivity index (χ2n) is 2.88. The van der Waals surface area contributed by atoms with E-state index in [0.29, 0.717) is 0 Å². The van der Waals surface area contributed by atoms with Gasteiger partial charge in [-0.3, -0.25) is 4.79 Å². The van der Waals surface area contributed by atoms with Gasteiger partial charge in [-0.2, -0.15) is 0 Å². The van der Waals surface area contributed by atoms with Gasteiger partial charge in [-0.25, -0.2) is 8.42 Å². The van der Waals surface area contributed by atoms with Crippen LogP contribution < -0.4 is 0 Å². The number of rotatable bonds is 4. The Hall–Kier alpha value is -1.36. The predicted molar refractivity (Wildman–Crippen MR) is 55.1 cm³/mol. The lowest BCUT2D eigenvalue weighted by Crippen LogP contribution is -2.18. The summed E-state index contributed by atoms with van der Waals surface area (Å²) in [5, 5.41) is 0. The smallest absolute Gasteiger partial charge is 0.321 e. The quantitative estimate of drug-likeness (QED) is 0.571. The van der Waals surface area contributed by atoms with Gasteiger partial charge in [0.15, 0.2) is 15.6 Å². The van der Waals surface area contributed by atoms with E-state index in [-0.39, 0.29) is 11.5 Å². The Labute approximate surface area is 88.8 Å². The lowest BCUT2D eigenvalue weighted by atomic mass is 10.4. The lowest BCUT2D eigenvalue weighted by Gasteiger charge is -2.03. The molecule has 0 aliphatic carbocycles. The van der Waals surface area contributed by atoms with Crippen molar-refractivity contribution >= 4 is 15.8 Å². The summed E-state index contributed by atoms with van der Waals surface area (Å²) in [6.07, 6.45) is 0. The molecule has 15 heavy (non-hydrogen) atoms. The van der Waals surface area contributed by atoms with Crippen LogP contribution in [0.1, 0.15) is 6.92 Å². The third-order valence-corrected chi connectivity index (χ3v) is 3.32. The van der Waals surface area contributed by atoms with E-state index >= 15 is 0 Å². The SMILES string of the molecule is CCOC(=O)[13CH2]S(=O)(=O)c1ccccc1. The van der Waals surface area contributed by atoms with Gasteiger partial charge in [0.2, 0.25) is 0 Å². The summed E-state index contributed by atoms with van der Waals surface area (Å²) < 4.78 is 27.8. The van der Waals surface area contributed by atoms with Crippen LogP contribution in [0.25, 0.3) is 0 Å². The van der Waals surface area contributed by atoms with Gasteiger partial charge in [0.05, 0.1) is 11.5 Å². The molecule has 1 rings (SSSR count). The highest BCUT2D eigenvalue weighted by Crippen LogP contribution is 2.10. The summed E-state index contributed by atoms with van der Waals surface area (Å²) in [5.74, 6) is -1.33. The number of sulfone groups is 1. The molecule has 0 unspecified atom stereocenters. The van der Waals surface area contributed by atoms with Crippen LogP contribution in [-0.2, 0) is 19.4 Å². The first kappa shape index (κ1) is 11.7. The summed E-state index contributed by atoms with van der Waals surface area (Å²) in [6, 6.07) is 7.84. The molecular formula is C10H12O4S. The van der Waals surface area contributed by atoms with Gasteiger partial charge in [0.1, 0.15) is 0 Å². The van der Waals surface area contributed by atoms with Crippen molar-refractivity contribution in [3.8, 4) is 0 Å². The van der Waals surface area contributed by atoms with E-state index in [9.17, 15) is 13.2 Å². The first-order valence-corrected chi connectivity index (χ1v) is 6.15. The third kappa shape index (κ3) is 3.36. The van der Waals surface area contributed by atoms with Crippen molar-refractivity contribution < 1.29 is 17.9 Å². The summed E-state index contributed by atoms with van der Waals surface area (Å²) in [4.78, 5) is 11.2. The molecule has 0 fully saturated rings. The predicted octanol–water partition coefficient (Wildman–Crippen LogP) is 1.02. The standard InChI is InChI=1S/C10H12O4S/c1-2-14-10(11)8-15(12,13)9-6-4-3-5-7-9/h3-7H,2,8H2,1H3/i8+1. The second-order valence-corrected chi connectivity index (χ2v) is 4.87. The van der Waals surface area contributed by atoms with Crippen LogP contribution in [0, 0.1) is 0 Å². The molecular weight excluding hydrogens is 217 g/mol. The molecule has 0 spiro atoms. The molecule has 0 aromatic heterocycles. The van der Waals surface area contributed by atoms with E-state index in [4.69, 9.17) is 0 Å². The fourth-order valence-electron chi connectivity index (χ4n) is 1.07. The van der Waals surface area contributed by atoms with Gasteiger partial charge in [0, 0.05) is 0 Å². The number of hydrogen-bond donors (Lipinski definition) is 0. The number of hydrogen-bond acceptors (Lipinski definition) is 4. The van der Waals surface area contributed by atoms with E-state index < -0.39 is 21.6 Å². The van der Waals surface area contributed by atoms with Gasteiger partial charge >= 0.3 is 5.97 Å². The van der Waals surface area contributed by atoms with E-state index in [2.05, 4.69) is 4.74 Å². The highest BCUT2D eigenvalue weighted by atomic mass is 32.2. The van der Waals surface area contributed by atoms with Crippen molar-refractivity contribution in [2.75, 3.05) is 12.4 Å². The Morgan fingerprint density at radius 3 is 2.40 bits per heavy atom. The minimum atomic E-state index is -3.56. The van der Waals surface area contributed by atoms with Gasteiger partial charge in [-0.1, -0.05) is 18.2 Å². The molecule has 0 saturated carbocycles. The van der Waals surface area contributed by atoms with Crippen LogP contribution in [0.4, 0.5) is 0 Å². The zero-order valence-electron chi connectivity index (χ0n) is 8.34. The molecule has 0 atom stereocenters. The van der Waals surface area contributed by atoms with Crippen LogP contribution in [0.3, 0.4) is 0 Å². The molecule has 0 aliphatic heterocycles. The monoisotopic (exact) mass is 229 g/mol. The van der Waals surface area contributed by atoms with Gasteiger partial charge in [-0.05, 0) is 19.1 Å². The third-order valence-electron chi connectivity index (χ3n) is 1.72. The van der Waals surface area contributed by atoms with Crippen molar-refractivity contribution in [2.24, 2.45) is 0 Å². The van der Waals surface area contributed by atoms with E-state index in [1.165, 1.54) is 12.1 Å². The Morgan fingerprint density at radius 2 is 1.87 bits per heavy atom. The Bertz CT molecular complexity index is 422. The molecule has 4 nitrogen and oxygen atoms in total. The molecule has 0 bridgehead atoms. The molecule has 1 aromatic rings. The molecule has 0 aliphatic rings. The molecule has 0 N–H and O–H groups in total. The first-order valence-electron chi connectivity index (χ1n) is 4.49. The Morgan fingerprint density at radius 1 is 1.27 bits per heavy atom. The summed E-state index contributed by atoms with van der Waals surface area (Å²) >= 11 is 0. The van der Waals surface area contributed by atoms with Crippen molar-refractivity contribution in [1.82, 2.24) is 0 Å². The van der Waals surface area contributed by atoms with Crippen LogP contribution >= 0.6 is 0 Å². The van der Waals surface area contributed by atoms with Crippen molar-refractivity contribution in [2.45, 2.75) is 11.8 Å². The van der Waals surface area contributed by atoms with Gasteiger partial charge in [0.25, 0.3) is 0 Å². The number of carbonyl (C=O) groups is 1. The highest BCUT2D eigenvalue weighted by molar-refractivity contribution is 7.92. The molecule has 0 heterocycles. The highest BCUT2D eigenvalue weighted by Gasteiger charge is 2.19. The lowest BCUT2D eigenvalue weighted by molar-refractivity contribution is -0.139. The molecule has 0 radical (unpaired) electrons. The maximum Gasteiger partial charge on any atom is 0.321 e. The van der Waals surface area contributed by atoms with E-state index in [1.54, 1.807) is 25.1 Å². The van der Waals surface area contributed by atoms with E-state index in [1.807, 2.05) is 0 Å². The fraction of sp³-hybridized carbons (Fsp3) is 0.300. The van der Waals surface area contributed by atoms with Crippen molar-refractivity contribution in [3.63, 3.8) is 0 Å². The Kier molecular flexibility index (Phi) is 3.85. The number of benzene rings is 1. The van der Waals surface area contributed by atoms with Crippen LogP contribution in [0.5, 0.6) is 0 Å². The number of esters is 1. The summed E-state index contributed by atoms with van der Waals surface area (Å²) in [7, 11) is -3.56. The molecule has 1 aromatic carbocycles. The van der Waals surface area contributed by atoms with Crippen LogP contribution in [0.15, 0.2) is 35.2 Å². The minimum Gasteiger partial charge on any atom is -0.465 e. The normalized spacial score (nSPS) is 11.0. The molecule has 0 amide bonds. The molecule has 5 heteroatoms. The second kappa shape index (κ2) is 4.93. The molecule has 82 valence electrons. The van der Waals surface area contributed by atoms with Crippen molar-refractivity contribution in [3.05, 3.63) is 30.3 Å². The largest absolute Gasteiger partial charge is 0.465 e. The number of ether oxygens (including phenoxy) is 1. The maximum atomic E-state index is 11.6. The summed E-state index contributed by atoms with van der Waals surface area (Å²) in [6.45, 7) is 1.82. The minimum absolute atomic E-state index is 0.137. The van der Waals surface area contributed by atoms with Crippen LogP contribution in [0.2, 0.25) is 0 Å². The van der Waals surface area contributed by atoms with Gasteiger partial charge in [-0.15, -0.1) is 0 Å². The first-order chi connectivity index (χ1) is 7.06. The van der Waals surface area contributed by atoms with Crippen molar-refractivity contribution in [1.29, 1.82) is 0 Å². The molecule has 0 saturated heterocycles. The zero-order valence-corrected chi connectivity index (χ0v) is 9.16. The van der Waals surface area contributed by atoms with E-state index in [0.717, 1.165) is 0 Å². The Balaban J connectivity index is 2.81. The zero-order chi connectivity index (χ0) is 11.3. The fourth-order valence-corrected chi connectivity index (χ4v) is 2.20. The van der Waals surface area contributed by atoms with Crippen LogP contribution in [-0.4, -0.2) is 26.7 Å². The number of carbonyl (C=O) groups excluding carboxylic acids is 1. The van der Waals surface area contributed by atoms with Gasteiger partial charge < -0.3 is 4.74 Å². The summed E-state index contributed by atoms with van der Waals surface area (Å²) in [5.41, 5.74) is 0. The average Bonchev–Trinajstić information content (AvgIpc) is 2.18. The average molecular weight is 229 g/mol. The topological polar surface area (TPSA) is 60.4 Å². The maximum absolute atomic E-state index is 11.6.